The van der Waals surface area contributed by atoms with Gasteiger partial charge in [0.25, 0.3) is 5.91 Å². The summed E-state index contributed by atoms with van der Waals surface area (Å²) < 4.78 is 13.0. The Kier molecular flexibility index (Phi) is 9.14. The van der Waals surface area contributed by atoms with E-state index in [1.54, 1.807) is 36.4 Å². The lowest BCUT2D eigenvalue weighted by Crippen LogP contribution is -2.51. The molecule has 8 heteroatoms. The Bertz CT molecular complexity index is 872. The van der Waals surface area contributed by atoms with Crippen molar-refractivity contribution in [1.82, 2.24) is 16.1 Å². The van der Waals surface area contributed by atoms with Gasteiger partial charge in [-0.15, -0.1) is 0 Å². The van der Waals surface area contributed by atoms with Crippen molar-refractivity contribution in [3.05, 3.63) is 71.5 Å². The van der Waals surface area contributed by atoms with Crippen LogP contribution in [0.3, 0.4) is 0 Å². The zero-order valence-corrected chi connectivity index (χ0v) is 17.6. The smallest absolute Gasteiger partial charge is 0.256 e. The first-order chi connectivity index (χ1) is 14.8. The SMILES string of the molecule is CC(C)C[C@H](NC(=O)C(Cc1ccccc1)C(=O)NO)C(=O)NCc1ccc(F)cc1. The number of hydroxylamine groups is 1. The first-order valence-corrected chi connectivity index (χ1v) is 10.1. The largest absolute Gasteiger partial charge is 0.350 e. The molecule has 0 bridgehead atoms. The van der Waals surface area contributed by atoms with E-state index in [-0.39, 0.29) is 24.7 Å². The van der Waals surface area contributed by atoms with Crippen molar-refractivity contribution in [1.29, 1.82) is 0 Å². The summed E-state index contributed by atoms with van der Waals surface area (Å²) in [6, 6.07) is 13.8. The molecule has 0 heterocycles. The standard InChI is InChI=1S/C23H28FN3O4/c1-15(2)12-20(23(30)25-14-17-8-10-18(24)11-9-17)26-21(28)19(22(29)27-31)13-16-6-4-3-5-7-16/h3-11,15,19-20,31H,12-14H2,1-2H3,(H,25,30)(H,26,28)(H,27,29)/t19?,20-/m0/s1. The molecule has 0 aliphatic rings. The van der Waals surface area contributed by atoms with Crippen molar-refractivity contribution >= 4 is 17.7 Å². The molecule has 0 aliphatic carbocycles. The third kappa shape index (κ3) is 7.82. The molecule has 166 valence electrons. The molecule has 1 unspecified atom stereocenters. The summed E-state index contributed by atoms with van der Waals surface area (Å²) in [6.07, 6.45) is 0.435. The molecule has 0 aromatic heterocycles. The average Bonchev–Trinajstić information content (AvgIpc) is 2.76. The Morgan fingerprint density at radius 2 is 1.55 bits per heavy atom. The van der Waals surface area contributed by atoms with Gasteiger partial charge in [0, 0.05) is 6.54 Å². The predicted molar refractivity (Wildman–Crippen MR) is 113 cm³/mol. The highest BCUT2D eigenvalue weighted by molar-refractivity contribution is 6.01. The van der Waals surface area contributed by atoms with Crippen molar-refractivity contribution in [3.8, 4) is 0 Å². The number of benzene rings is 2. The van der Waals surface area contributed by atoms with E-state index >= 15 is 0 Å². The van der Waals surface area contributed by atoms with Gasteiger partial charge in [0.15, 0.2) is 0 Å². The first kappa shape index (κ1) is 24.0. The Labute approximate surface area is 181 Å². The summed E-state index contributed by atoms with van der Waals surface area (Å²) in [5.74, 6) is -3.39. The number of rotatable bonds is 10. The Morgan fingerprint density at radius 1 is 0.903 bits per heavy atom. The molecule has 0 saturated carbocycles. The van der Waals surface area contributed by atoms with Gasteiger partial charge in [0.05, 0.1) is 0 Å². The molecule has 2 aromatic rings. The van der Waals surface area contributed by atoms with Gasteiger partial charge >= 0.3 is 0 Å². The molecule has 4 N–H and O–H groups in total. The van der Waals surface area contributed by atoms with Gasteiger partial charge in [-0.3, -0.25) is 19.6 Å². The van der Waals surface area contributed by atoms with Crippen LogP contribution in [0, 0.1) is 17.7 Å². The van der Waals surface area contributed by atoms with E-state index in [4.69, 9.17) is 5.21 Å². The van der Waals surface area contributed by atoms with Crippen molar-refractivity contribution in [2.45, 2.75) is 39.3 Å². The van der Waals surface area contributed by atoms with Crippen molar-refractivity contribution < 1.29 is 24.0 Å². The topological polar surface area (TPSA) is 108 Å². The summed E-state index contributed by atoms with van der Waals surface area (Å²) in [7, 11) is 0. The molecular formula is C23H28FN3O4. The van der Waals surface area contributed by atoms with Crippen molar-refractivity contribution in [2.24, 2.45) is 11.8 Å². The van der Waals surface area contributed by atoms with Gasteiger partial charge < -0.3 is 10.6 Å². The van der Waals surface area contributed by atoms with E-state index in [0.29, 0.717) is 12.0 Å². The summed E-state index contributed by atoms with van der Waals surface area (Å²) >= 11 is 0. The molecule has 31 heavy (non-hydrogen) atoms. The van der Waals surface area contributed by atoms with Gasteiger partial charge in [-0.05, 0) is 42.0 Å². The van der Waals surface area contributed by atoms with E-state index in [0.717, 1.165) is 5.56 Å². The molecule has 0 saturated heterocycles. The van der Waals surface area contributed by atoms with E-state index in [1.165, 1.54) is 17.6 Å². The van der Waals surface area contributed by atoms with Crippen LogP contribution in [-0.2, 0) is 27.3 Å². The molecule has 3 amide bonds. The average molecular weight is 429 g/mol. The minimum Gasteiger partial charge on any atom is -0.350 e. The van der Waals surface area contributed by atoms with E-state index in [1.807, 2.05) is 19.9 Å². The van der Waals surface area contributed by atoms with E-state index in [9.17, 15) is 18.8 Å². The number of nitrogens with one attached hydrogen (secondary N) is 3. The fourth-order valence-electron chi connectivity index (χ4n) is 3.12. The first-order valence-electron chi connectivity index (χ1n) is 10.1. The Hall–Kier alpha value is -3.26. The highest BCUT2D eigenvalue weighted by Gasteiger charge is 2.30. The van der Waals surface area contributed by atoms with Crippen LogP contribution >= 0.6 is 0 Å². The summed E-state index contributed by atoms with van der Waals surface area (Å²) in [4.78, 5) is 37.7. The maximum absolute atomic E-state index is 13.0. The minimum absolute atomic E-state index is 0.0741. The summed E-state index contributed by atoms with van der Waals surface area (Å²) in [6.45, 7) is 4.00. The Morgan fingerprint density at radius 3 is 2.13 bits per heavy atom. The molecule has 2 aromatic carbocycles. The van der Waals surface area contributed by atoms with Gasteiger partial charge in [-0.2, -0.15) is 0 Å². The van der Waals surface area contributed by atoms with Crippen LogP contribution in [0.5, 0.6) is 0 Å². The monoisotopic (exact) mass is 429 g/mol. The Balaban J connectivity index is 2.08. The highest BCUT2D eigenvalue weighted by Crippen LogP contribution is 2.12. The number of halogens is 1. The second kappa shape index (κ2) is 11.8. The molecule has 0 radical (unpaired) electrons. The molecule has 2 atom stereocenters. The van der Waals surface area contributed by atoms with Crippen LogP contribution in [0.4, 0.5) is 4.39 Å². The number of hydrogen-bond donors (Lipinski definition) is 4. The third-order valence-electron chi connectivity index (χ3n) is 4.75. The second-order valence-electron chi connectivity index (χ2n) is 7.75. The summed E-state index contributed by atoms with van der Waals surface area (Å²) in [5, 5.41) is 14.4. The zero-order valence-electron chi connectivity index (χ0n) is 17.6. The molecular weight excluding hydrogens is 401 g/mol. The highest BCUT2D eigenvalue weighted by atomic mass is 19.1. The normalized spacial score (nSPS) is 12.7. The number of amides is 3. The second-order valence-corrected chi connectivity index (χ2v) is 7.75. The van der Waals surface area contributed by atoms with Gasteiger partial charge in [0.1, 0.15) is 17.8 Å². The number of carbonyl (C=O) groups excluding carboxylic acids is 3. The minimum atomic E-state index is -1.20. The maximum atomic E-state index is 13.0. The third-order valence-corrected chi connectivity index (χ3v) is 4.75. The van der Waals surface area contributed by atoms with Crippen molar-refractivity contribution in [2.75, 3.05) is 0 Å². The summed E-state index contributed by atoms with van der Waals surface area (Å²) in [5.41, 5.74) is 2.99. The molecule has 7 nitrogen and oxygen atoms in total. The lowest BCUT2D eigenvalue weighted by molar-refractivity contribution is -0.142. The van der Waals surface area contributed by atoms with Crippen LogP contribution in [0.25, 0.3) is 0 Å². The van der Waals surface area contributed by atoms with E-state index in [2.05, 4.69) is 10.6 Å². The predicted octanol–water partition coefficient (Wildman–Crippen LogP) is 2.34. The molecule has 2 rings (SSSR count). The van der Waals surface area contributed by atoms with Crippen LogP contribution in [0.2, 0.25) is 0 Å². The lowest BCUT2D eigenvalue weighted by Gasteiger charge is -2.23. The van der Waals surface area contributed by atoms with Gasteiger partial charge in [-0.25, -0.2) is 9.87 Å². The van der Waals surface area contributed by atoms with E-state index < -0.39 is 29.7 Å². The van der Waals surface area contributed by atoms with Crippen LogP contribution in [0.1, 0.15) is 31.4 Å². The van der Waals surface area contributed by atoms with Crippen LogP contribution in [0.15, 0.2) is 54.6 Å². The van der Waals surface area contributed by atoms with Crippen LogP contribution < -0.4 is 16.1 Å². The quantitative estimate of drug-likeness (QED) is 0.264. The number of hydrogen-bond acceptors (Lipinski definition) is 4. The van der Waals surface area contributed by atoms with Crippen molar-refractivity contribution in [3.63, 3.8) is 0 Å². The number of carbonyl (C=O) groups is 3. The van der Waals surface area contributed by atoms with Gasteiger partial charge in [-0.1, -0.05) is 56.3 Å². The fraction of sp³-hybridized carbons (Fsp3) is 0.348. The van der Waals surface area contributed by atoms with Crippen LogP contribution in [-0.4, -0.2) is 29.0 Å². The lowest BCUT2D eigenvalue weighted by atomic mass is 9.96. The molecule has 0 fully saturated rings. The zero-order chi connectivity index (χ0) is 22.8. The molecule has 0 aliphatic heterocycles. The van der Waals surface area contributed by atoms with Gasteiger partial charge in [0.2, 0.25) is 11.8 Å². The fourth-order valence-corrected chi connectivity index (χ4v) is 3.12. The maximum Gasteiger partial charge on any atom is 0.256 e. The molecule has 0 spiro atoms.